The zero-order chi connectivity index (χ0) is 17.7. The number of rotatable bonds is 5. The van der Waals surface area contributed by atoms with Crippen LogP contribution in [0.4, 0.5) is 5.69 Å². The fourth-order valence-electron chi connectivity index (χ4n) is 2.04. The lowest BCUT2D eigenvalue weighted by atomic mass is 10.2. The van der Waals surface area contributed by atoms with Gasteiger partial charge < -0.3 is 10.2 Å². The number of amides is 2. The first-order chi connectivity index (χ1) is 11.3. The standard InChI is InChI=1S/C17H20N4O2S/c1-11-9-12(2)19-17(18-11)24-10-15(22)20-14-7-5-13(6-8-14)16(23)21(3)4/h5-9H,10H2,1-4H3,(H,20,22). The number of aromatic nitrogens is 2. The van der Waals surface area contributed by atoms with Gasteiger partial charge in [-0.1, -0.05) is 11.8 Å². The largest absolute Gasteiger partial charge is 0.345 e. The molecule has 2 amide bonds. The Kier molecular flexibility index (Phi) is 5.92. The minimum Gasteiger partial charge on any atom is -0.345 e. The lowest BCUT2D eigenvalue weighted by Crippen LogP contribution is -2.21. The summed E-state index contributed by atoms with van der Waals surface area (Å²) >= 11 is 1.29. The summed E-state index contributed by atoms with van der Waals surface area (Å²) in [4.78, 5) is 33.9. The number of benzene rings is 1. The maximum Gasteiger partial charge on any atom is 0.253 e. The molecule has 0 unspecified atom stereocenters. The second-order valence-electron chi connectivity index (χ2n) is 5.55. The summed E-state index contributed by atoms with van der Waals surface area (Å²) in [7, 11) is 3.40. The van der Waals surface area contributed by atoms with Crippen LogP contribution in [0.5, 0.6) is 0 Å². The van der Waals surface area contributed by atoms with Crippen LogP contribution >= 0.6 is 11.8 Å². The molecule has 126 valence electrons. The number of nitrogens with zero attached hydrogens (tertiary/aromatic N) is 3. The average molecular weight is 344 g/mol. The van der Waals surface area contributed by atoms with Crippen LogP contribution in [0.3, 0.4) is 0 Å². The first-order valence-electron chi connectivity index (χ1n) is 7.42. The van der Waals surface area contributed by atoms with E-state index >= 15 is 0 Å². The molecule has 0 atom stereocenters. The number of hydrogen-bond acceptors (Lipinski definition) is 5. The van der Waals surface area contributed by atoms with Crippen LogP contribution in [-0.2, 0) is 4.79 Å². The van der Waals surface area contributed by atoms with Crippen LogP contribution in [0.1, 0.15) is 21.7 Å². The van der Waals surface area contributed by atoms with E-state index in [0.717, 1.165) is 11.4 Å². The Morgan fingerprint density at radius 2 is 1.67 bits per heavy atom. The highest BCUT2D eigenvalue weighted by Crippen LogP contribution is 2.16. The van der Waals surface area contributed by atoms with Crippen molar-refractivity contribution in [1.29, 1.82) is 0 Å². The fourth-order valence-corrected chi connectivity index (χ4v) is 2.79. The van der Waals surface area contributed by atoms with Gasteiger partial charge in [0.15, 0.2) is 5.16 Å². The first-order valence-corrected chi connectivity index (χ1v) is 8.40. The van der Waals surface area contributed by atoms with Gasteiger partial charge in [-0.05, 0) is 44.2 Å². The predicted molar refractivity (Wildman–Crippen MR) is 95.3 cm³/mol. The van der Waals surface area contributed by atoms with Crippen molar-refractivity contribution in [2.45, 2.75) is 19.0 Å². The molecule has 0 aliphatic rings. The lowest BCUT2D eigenvalue weighted by Gasteiger charge is -2.11. The summed E-state index contributed by atoms with van der Waals surface area (Å²) < 4.78 is 0. The average Bonchev–Trinajstić information content (AvgIpc) is 2.52. The Hall–Kier alpha value is -2.41. The molecule has 0 radical (unpaired) electrons. The quantitative estimate of drug-likeness (QED) is 0.666. The molecule has 6 nitrogen and oxygen atoms in total. The van der Waals surface area contributed by atoms with Gasteiger partial charge in [0.05, 0.1) is 5.75 Å². The number of carbonyl (C=O) groups excluding carboxylic acids is 2. The summed E-state index contributed by atoms with van der Waals surface area (Å²) in [6.45, 7) is 3.80. The second kappa shape index (κ2) is 7.92. The summed E-state index contributed by atoms with van der Waals surface area (Å²) in [6.07, 6.45) is 0. The predicted octanol–water partition coefficient (Wildman–Crippen LogP) is 2.53. The van der Waals surface area contributed by atoms with Gasteiger partial charge in [0.1, 0.15) is 0 Å². The van der Waals surface area contributed by atoms with Gasteiger partial charge in [0.2, 0.25) is 5.91 Å². The highest BCUT2D eigenvalue weighted by atomic mass is 32.2. The minimum atomic E-state index is -0.144. The Balaban J connectivity index is 1.91. The van der Waals surface area contributed by atoms with Crippen LogP contribution in [0.25, 0.3) is 0 Å². The van der Waals surface area contributed by atoms with E-state index in [2.05, 4.69) is 15.3 Å². The molecular weight excluding hydrogens is 324 g/mol. The van der Waals surface area contributed by atoms with Crippen molar-refractivity contribution < 1.29 is 9.59 Å². The van der Waals surface area contributed by atoms with Gasteiger partial charge in [-0.3, -0.25) is 9.59 Å². The third-order valence-corrected chi connectivity index (χ3v) is 3.96. The summed E-state index contributed by atoms with van der Waals surface area (Å²) in [5.41, 5.74) is 2.99. The van der Waals surface area contributed by atoms with Gasteiger partial charge in [-0.15, -0.1) is 0 Å². The topological polar surface area (TPSA) is 75.2 Å². The molecule has 24 heavy (non-hydrogen) atoms. The van der Waals surface area contributed by atoms with Crippen LogP contribution in [-0.4, -0.2) is 46.5 Å². The van der Waals surface area contributed by atoms with E-state index in [1.54, 1.807) is 38.4 Å². The number of anilines is 1. The molecule has 1 heterocycles. The molecule has 0 bridgehead atoms. The zero-order valence-corrected chi connectivity index (χ0v) is 15.0. The molecule has 0 saturated carbocycles. The molecule has 0 aliphatic carbocycles. The van der Waals surface area contributed by atoms with Crippen molar-refractivity contribution in [2.24, 2.45) is 0 Å². The van der Waals surface area contributed by atoms with Crippen LogP contribution in [0, 0.1) is 13.8 Å². The summed E-state index contributed by atoms with van der Waals surface area (Å²) in [5, 5.41) is 3.39. The lowest BCUT2D eigenvalue weighted by molar-refractivity contribution is -0.113. The number of nitrogens with one attached hydrogen (secondary N) is 1. The molecule has 0 saturated heterocycles. The highest BCUT2D eigenvalue weighted by Gasteiger charge is 2.09. The SMILES string of the molecule is Cc1cc(C)nc(SCC(=O)Nc2ccc(C(=O)N(C)C)cc2)n1. The first kappa shape index (κ1) is 17.9. The monoisotopic (exact) mass is 344 g/mol. The summed E-state index contributed by atoms with van der Waals surface area (Å²) in [5.74, 6) is 0.00575. The molecular formula is C17H20N4O2S. The Bertz CT molecular complexity index is 725. The second-order valence-corrected chi connectivity index (χ2v) is 6.49. The van der Waals surface area contributed by atoms with E-state index in [1.807, 2.05) is 19.9 Å². The van der Waals surface area contributed by atoms with Gasteiger partial charge in [0.25, 0.3) is 5.91 Å². The molecule has 2 rings (SSSR count). The van der Waals surface area contributed by atoms with Crippen molar-refractivity contribution in [3.05, 3.63) is 47.3 Å². The van der Waals surface area contributed by atoms with E-state index in [4.69, 9.17) is 0 Å². The number of carbonyl (C=O) groups is 2. The van der Waals surface area contributed by atoms with Gasteiger partial charge >= 0.3 is 0 Å². The van der Waals surface area contributed by atoms with Crippen molar-refractivity contribution in [3.63, 3.8) is 0 Å². The van der Waals surface area contributed by atoms with Gasteiger partial charge in [-0.2, -0.15) is 0 Å². The van der Waals surface area contributed by atoms with Crippen molar-refractivity contribution in [2.75, 3.05) is 25.2 Å². The normalized spacial score (nSPS) is 10.3. The van der Waals surface area contributed by atoms with E-state index in [-0.39, 0.29) is 17.6 Å². The van der Waals surface area contributed by atoms with Crippen LogP contribution in [0.2, 0.25) is 0 Å². The maximum absolute atomic E-state index is 12.0. The Morgan fingerprint density at radius 1 is 1.08 bits per heavy atom. The Morgan fingerprint density at radius 3 is 2.21 bits per heavy atom. The third kappa shape index (κ3) is 5.06. The van der Waals surface area contributed by atoms with Crippen LogP contribution < -0.4 is 5.32 Å². The van der Waals surface area contributed by atoms with Gasteiger partial charge in [0, 0.05) is 36.7 Å². The van der Waals surface area contributed by atoms with E-state index in [1.165, 1.54) is 16.7 Å². The van der Waals surface area contributed by atoms with Crippen LogP contribution in [0.15, 0.2) is 35.5 Å². The smallest absolute Gasteiger partial charge is 0.253 e. The fraction of sp³-hybridized carbons (Fsp3) is 0.294. The van der Waals surface area contributed by atoms with Crippen molar-refractivity contribution >= 4 is 29.3 Å². The van der Waals surface area contributed by atoms with E-state index in [9.17, 15) is 9.59 Å². The third-order valence-electron chi connectivity index (χ3n) is 3.12. The maximum atomic E-state index is 12.0. The zero-order valence-electron chi connectivity index (χ0n) is 14.2. The molecule has 1 aromatic carbocycles. The van der Waals surface area contributed by atoms with Crippen molar-refractivity contribution in [3.8, 4) is 0 Å². The molecule has 0 fully saturated rings. The number of thioether (sulfide) groups is 1. The van der Waals surface area contributed by atoms with E-state index in [0.29, 0.717) is 16.4 Å². The molecule has 7 heteroatoms. The number of hydrogen-bond donors (Lipinski definition) is 1. The molecule has 2 aromatic rings. The molecule has 1 aromatic heterocycles. The Labute approximate surface area is 145 Å². The molecule has 1 N–H and O–H groups in total. The highest BCUT2D eigenvalue weighted by molar-refractivity contribution is 7.99. The van der Waals surface area contributed by atoms with Crippen molar-refractivity contribution in [1.82, 2.24) is 14.9 Å². The van der Waals surface area contributed by atoms with Gasteiger partial charge in [-0.25, -0.2) is 9.97 Å². The molecule has 0 aliphatic heterocycles. The van der Waals surface area contributed by atoms with E-state index < -0.39 is 0 Å². The minimum absolute atomic E-state index is 0.0737. The summed E-state index contributed by atoms with van der Waals surface area (Å²) in [6, 6.07) is 8.70. The number of aryl methyl sites for hydroxylation is 2. The molecule has 0 spiro atoms.